The number of carbonyl (C=O) groups is 2. The number of rotatable bonds is 7. The molecule has 2 heterocycles. The van der Waals surface area contributed by atoms with E-state index in [1.165, 1.54) is 18.1 Å². The fraction of sp³-hybridized carbons (Fsp3) is 0.344. The molecule has 13 heteroatoms. The molecule has 8 nitrogen and oxygen atoms in total. The second kappa shape index (κ2) is 13.7. The number of methoxy groups -OCH3 is 1. The van der Waals surface area contributed by atoms with Crippen LogP contribution in [0.2, 0.25) is 10.0 Å². The van der Waals surface area contributed by atoms with Crippen molar-refractivity contribution in [2.24, 2.45) is 4.99 Å². The highest BCUT2D eigenvalue weighted by Gasteiger charge is 2.45. The largest absolute Gasteiger partial charge is 0.493 e. The van der Waals surface area contributed by atoms with E-state index in [9.17, 15) is 22.8 Å². The molecule has 0 aliphatic carbocycles. The van der Waals surface area contributed by atoms with Crippen molar-refractivity contribution in [2.75, 3.05) is 46.5 Å². The quantitative estimate of drug-likeness (QED) is 0.277. The number of carbonyl (C=O) groups excluding carboxylic acids is 2. The van der Waals surface area contributed by atoms with Crippen LogP contribution in [0.1, 0.15) is 41.3 Å². The van der Waals surface area contributed by atoms with Gasteiger partial charge in [0.05, 0.1) is 23.8 Å². The third-order valence-electron chi connectivity index (χ3n) is 7.72. The number of alkyl halides is 3. The van der Waals surface area contributed by atoms with Gasteiger partial charge in [0.2, 0.25) is 5.91 Å². The molecule has 238 valence electrons. The molecule has 1 saturated heterocycles. The molecule has 2 aliphatic rings. The molecule has 2 unspecified atom stereocenters. The van der Waals surface area contributed by atoms with Gasteiger partial charge in [-0.1, -0.05) is 47.5 Å². The van der Waals surface area contributed by atoms with Gasteiger partial charge in [0.25, 0.3) is 0 Å². The predicted octanol–water partition coefficient (Wildman–Crippen LogP) is 6.87. The summed E-state index contributed by atoms with van der Waals surface area (Å²) in [6, 6.07) is 15.5. The van der Waals surface area contributed by atoms with Crippen LogP contribution in [-0.4, -0.2) is 79.0 Å². The average Bonchev–Trinajstić information content (AvgIpc) is 3.41. The smallest absolute Gasteiger partial charge is 0.416 e. The minimum absolute atomic E-state index is 0.0505. The molecule has 45 heavy (non-hydrogen) atoms. The normalized spacial score (nSPS) is 18.6. The SMILES string of the molecule is CCOc1cc(C(F)(F)F)ccc1C1=NC(c2ccc(Cl)cc2)C(c2ccc(Cl)cc2)N1C(=O)N1CCN(C(=O)COC)CC1. The van der Waals surface area contributed by atoms with Crippen LogP contribution in [0.3, 0.4) is 0 Å². The highest BCUT2D eigenvalue weighted by Crippen LogP contribution is 2.46. The highest BCUT2D eigenvalue weighted by molar-refractivity contribution is 6.30. The van der Waals surface area contributed by atoms with E-state index in [1.807, 2.05) is 0 Å². The van der Waals surface area contributed by atoms with Crippen molar-refractivity contribution in [3.8, 4) is 5.75 Å². The Kier molecular flexibility index (Phi) is 9.91. The van der Waals surface area contributed by atoms with Gasteiger partial charge in [-0.15, -0.1) is 0 Å². The molecule has 0 aromatic heterocycles. The van der Waals surface area contributed by atoms with Crippen LogP contribution in [0.25, 0.3) is 0 Å². The number of piperazine rings is 1. The Morgan fingerprint density at radius 2 is 1.47 bits per heavy atom. The lowest BCUT2D eigenvalue weighted by Gasteiger charge is -2.39. The average molecular weight is 664 g/mol. The Labute approximate surface area is 268 Å². The fourth-order valence-electron chi connectivity index (χ4n) is 5.53. The summed E-state index contributed by atoms with van der Waals surface area (Å²) in [5, 5.41) is 1.01. The summed E-state index contributed by atoms with van der Waals surface area (Å²) in [5.41, 5.74) is 0.811. The standard InChI is InChI=1S/C32H31Cl2F3N4O4/c1-3-45-26-18-22(32(35,36)37)8-13-25(26)30-38-28(20-4-9-23(33)10-5-20)29(21-6-11-24(34)12-7-21)41(30)31(43)40-16-14-39(15-17-40)27(42)19-44-2/h4-13,18,28-29H,3,14-17,19H2,1-2H3. The molecule has 2 atom stereocenters. The Hall–Kier alpha value is -3.80. The number of halogens is 5. The molecular formula is C32H31Cl2F3N4O4. The van der Waals surface area contributed by atoms with Gasteiger partial charge in [0.15, 0.2) is 0 Å². The van der Waals surface area contributed by atoms with Gasteiger partial charge in [-0.05, 0) is 60.5 Å². The van der Waals surface area contributed by atoms with E-state index < -0.39 is 29.9 Å². The van der Waals surface area contributed by atoms with E-state index in [-0.39, 0.29) is 49.4 Å². The van der Waals surface area contributed by atoms with Crippen LogP contribution in [-0.2, 0) is 15.7 Å². The second-order valence-electron chi connectivity index (χ2n) is 10.5. The first-order valence-corrected chi connectivity index (χ1v) is 15.1. The van der Waals surface area contributed by atoms with Crippen LogP contribution in [0, 0.1) is 0 Å². The first-order valence-electron chi connectivity index (χ1n) is 14.3. The number of hydrogen-bond acceptors (Lipinski definition) is 5. The third kappa shape index (κ3) is 7.05. The lowest BCUT2D eigenvalue weighted by molar-refractivity contribution is -0.138. The molecule has 2 aliphatic heterocycles. The lowest BCUT2D eigenvalue weighted by Crippen LogP contribution is -2.55. The zero-order chi connectivity index (χ0) is 32.3. The number of aliphatic imine (C=N–C) groups is 1. The molecule has 3 amide bonds. The molecule has 1 fully saturated rings. The number of hydrogen-bond donors (Lipinski definition) is 0. The summed E-state index contributed by atoms with van der Waals surface area (Å²) in [5.74, 6) is -0.0681. The Bertz CT molecular complexity index is 1560. The fourth-order valence-corrected chi connectivity index (χ4v) is 5.78. The van der Waals surface area contributed by atoms with Crippen LogP contribution in [0.15, 0.2) is 71.7 Å². The van der Waals surface area contributed by atoms with Crippen molar-refractivity contribution in [3.05, 3.63) is 99.0 Å². The lowest BCUT2D eigenvalue weighted by atomic mass is 9.93. The Morgan fingerprint density at radius 3 is 2.02 bits per heavy atom. The number of ether oxygens (including phenoxy) is 2. The molecule has 0 saturated carbocycles. The molecule has 0 bridgehead atoms. The second-order valence-corrected chi connectivity index (χ2v) is 11.4. The number of nitrogens with zero attached hydrogens (tertiary/aromatic N) is 4. The van der Waals surface area contributed by atoms with Crippen molar-refractivity contribution >= 4 is 41.0 Å². The summed E-state index contributed by atoms with van der Waals surface area (Å²) in [7, 11) is 1.44. The van der Waals surface area contributed by atoms with Crippen molar-refractivity contribution < 1.29 is 32.2 Å². The summed E-state index contributed by atoms with van der Waals surface area (Å²) in [6.45, 7) is 2.77. The first-order chi connectivity index (χ1) is 21.5. The minimum atomic E-state index is -4.60. The van der Waals surface area contributed by atoms with Crippen molar-refractivity contribution in [3.63, 3.8) is 0 Å². The molecular weight excluding hydrogens is 632 g/mol. The number of urea groups is 1. The third-order valence-corrected chi connectivity index (χ3v) is 8.22. The minimum Gasteiger partial charge on any atom is -0.493 e. The number of amides is 3. The zero-order valence-corrected chi connectivity index (χ0v) is 26.1. The Balaban J connectivity index is 1.63. The van der Waals surface area contributed by atoms with Gasteiger partial charge in [-0.3, -0.25) is 14.7 Å². The summed E-state index contributed by atoms with van der Waals surface area (Å²) >= 11 is 12.4. The van der Waals surface area contributed by atoms with Crippen LogP contribution in [0.4, 0.5) is 18.0 Å². The van der Waals surface area contributed by atoms with E-state index in [2.05, 4.69) is 0 Å². The molecule has 5 rings (SSSR count). The molecule has 3 aromatic carbocycles. The van der Waals surface area contributed by atoms with Crippen molar-refractivity contribution in [1.29, 1.82) is 0 Å². The molecule has 0 spiro atoms. The van der Waals surface area contributed by atoms with Gasteiger partial charge >= 0.3 is 12.2 Å². The van der Waals surface area contributed by atoms with E-state index >= 15 is 0 Å². The topological polar surface area (TPSA) is 74.7 Å². The van der Waals surface area contributed by atoms with Gasteiger partial charge in [-0.2, -0.15) is 13.2 Å². The summed E-state index contributed by atoms with van der Waals surface area (Å²) in [4.78, 5) is 36.7. The molecule has 0 N–H and O–H groups in total. The van der Waals surface area contributed by atoms with Crippen LogP contribution in [0.5, 0.6) is 5.75 Å². The Morgan fingerprint density at radius 1 is 0.889 bits per heavy atom. The van der Waals surface area contributed by atoms with E-state index in [0.29, 0.717) is 28.7 Å². The van der Waals surface area contributed by atoms with E-state index in [4.69, 9.17) is 37.7 Å². The van der Waals surface area contributed by atoms with Gasteiger partial charge < -0.3 is 19.3 Å². The van der Waals surface area contributed by atoms with Gasteiger partial charge in [-0.25, -0.2) is 4.79 Å². The monoisotopic (exact) mass is 662 g/mol. The van der Waals surface area contributed by atoms with Crippen LogP contribution < -0.4 is 4.74 Å². The molecule has 3 aromatic rings. The maximum Gasteiger partial charge on any atom is 0.416 e. The number of benzene rings is 3. The first kappa shape index (κ1) is 32.6. The van der Waals surface area contributed by atoms with Crippen molar-refractivity contribution in [1.82, 2.24) is 14.7 Å². The maximum absolute atomic E-state index is 14.5. The van der Waals surface area contributed by atoms with E-state index in [0.717, 1.165) is 17.7 Å². The highest BCUT2D eigenvalue weighted by atomic mass is 35.5. The van der Waals surface area contributed by atoms with Crippen molar-refractivity contribution in [2.45, 2.75) is 25.2 Å². The van der Waals surface area contributed by atoms with E-state index in [1.54, 1.807) is 65.3 Å². The number of amidine groups is 1. The summed E-state index contributed by atoms with van der Waals surface area (Å²) in [6.07, 6.45) is -4.60. The molecule has 0 radical (unpaired) electrons. The van der Waals surface area contributed by atoms with Crippen LogP contribution >= 0.6 is 23.2 Å². The maximum atomic E-state index is 14.5. The van der Waals surface area contributed by atoms with Gasteiger partial charge in [0, 0.05) is 43.3 Å². The van der Waals surface area contributed by atoms with Gasteiger partial charge in [0.1, 0.15) is 24.2 Å². The summed E-state index contributed by atoms with van der Waals surface area (Å²) < 4.78 is 51.8. The predicted molar refractivity (Wildman–Crippen MR) is 165 cm³/mol. The zero-order valence-electron chi connectivity index (χ0n) is 24.6.